The van der Waals surface area contributed by atoms with Crippen molar-refractivity contribution >= 4 is 23.4 Å². The van der Waals surface area contributed by atoms with Crippen LogP contribution in [0.25, 0.3) is 0 Å². The third-order valence-electron chi connectivity index (χ3n) is 4.62. The Hall–Kier alpha value is -1.16. The lowest BCUT2D eigenvalue weighted by atomic mass is 10.1. The second kappa shape index (κ2) is 5.68. The van der Waals surface area contributed by atoms with Crippen LogP contribution in [0.3, 0.4) is 0 Å². The highest BCUT2D eigenvalue weighted by molar-refractivity contribution is 8.00. The molecule has 108 valence electrons. The number of hydrogen-bond donors (Lipinski definition) is 2. The van der Waals surface area contributed by atoms with E-state index in [1.807, 2.05) is 30.0 Å². The average molecular weight is 290 g/mol. The number of anilines is 1. The van der Waals surface area contributed by atoms with Crippen LogP contribution in [0.5, 0.6) is 0 Å². The third kappa shape index (κ3) is 2.66. The summed E-state index contributed by atoms with van der Waals surface area (Å²) < 4.78 is 0.279. The highest BCUT2D eigenvalue weighted by Gasteiger charge is 2.34. The first-order chi connectivity index (χ1) is 9.72. The second-order valence-electron chi connectivity index (χ2n) is 5.87. The fourth-order valence-electron chi connectivity index (χ4n) is 3.30. The van der Waals surface area contributed by atoms with Crippen LogP contribution in [0.4, 0.5) is 5.69 Å². The fraction of sp³-hybridized carbons (Fsp3) is 0.562. The number of benzene rings is 1. The van der Waals surface area contributed by atoms with Crippen LogP contribution < -0.4 is 10.6 Å². The molecule has 1 saturated carbocycles. The van der Waals surface area contributed by atoms with E-state index in [0.717, 1.165) is 18.7 Å². The summed E-state index contributed by atoms with van der Waals surface area (Å²) in [5.74, 6) is 0.140. The molecule has 0 bridgehead atoms. The zero-order valence-corrected chi connectivity index (χ0v) is 12.8. The van der Waals surface area contributed by atoms with Gasteiger partial charge in [0, 0.05) is 23.4 Å². The molecule has 3 rings (SSSR count). The maximum Gasteiger partial charge on any atom is 0.242 e. The van der Waals surface area contributed by atoms with Gasteiger partial charge in [-0.15, -0.1) is 0 Å². The van der Waals surface area contributed by atoms with Crippen molar-refractivity contribution < 1.29 is 4.79 Å². The minimum Gasteiger partial charge on any atom is -0.373 e. The highest BCUT2D eigenvalue weighted by Crippen LogP contribution is 2.39. The van der Waals surface area contributed by atoms with E-state index in [9.17, 15) is 4.79 Å². The molecule has 1 atom stereocenters. The predicted molar refractivity (Wildman–Crippen MR) is 85.3 cm³/mol. The molecule has 1 aromatic rings. The van der Waals surface area contributed by atoms with E-state index in [2.05, 4.69) is 23.0 Å². The molecule has 2 aliphatic rings. The number of thioether (sulfide) groups is 1. The lowest BCUT2D eigenvalue weighted by molar-refractivity contribution is -0.121. The van der Waals surface area contributed by atoms with E-state index >= 15 is 0 Å². The Kier molecular flexibility index (Phi) is 3.92. The Bertz CT molecular complexity index is 472. The number of amides is 1. The Balaban J connectivity index is 1.56. The first-order valence-electron chi connectivity index (χ1n) is 7.40. The predicted octanol–water partition coefficient (Wildman–Crippen LogP) is 2.82. The Morgan fingerprint density at radius 2 is 2.15 bits per heavy atom. The fourth-order valence-corrected chi connectivity index (χ4v) is 4.21. The van der Waals surface area contributed by atoms with Gasteiger partial charge in [0.25, 0.3) is 0 Å². The van der Waals surface area contributed by atoms with Crippen molar-refractivity contribution in [3.05, 3.63) is 29.8 Å². The molecule has 1 aliphatic heterocycles. The van der Waals surface area contributed by atoms with Crippen LogP contribution in [0.1, 0.15) is 31.2 Å². The summed E-state index contributed by atoms with van der Waals surface area (Å²) in [5, 5.41) is 6.49. The minimum absolute atomic E-state index is 0.104. The lowest BCUT2D eigenvalue weighted by Crippen LogP contribution is -2.44. The molecule has 1 aliphatic carbocycles. The number of rotatable bonds is 4. The number of carbonyl (C=O) groups is 1. The monoisotopic (exact) mass is 290 g/mol. The molecular weight excluding hydrogens is 268 g/mol. The summed E-state index contributed by atoms with van der Waals surface area (Å²) >= 11 is 1.92. The molecule has 1 amide bonds. The van der Waals surface area contributed by atoms with Gasteiger partial charge in [0.15, 0.2) is 0 Å². The SMILES string of the molecule is CSC1(CNC(=O)[C@@H]2Cc3ccccc3N2)CCCC1. The molecule has 1 heterocycles. The van der Waals surface area contributed by atoms with E-state index in [1.165, 1.54) is 31.2 Å². The Morgan fingerprint density at radius 1 is 1.40 bits per heavy atom. The van der Waals surface area contributed by atoms with Gasteiger partial charge in [-0.1, -0.05) is 31.0 Å². The smallest absolute Gasteiger partial charge is 0.242 e. The van der Waals surface area contributed by atoms with Crippen LogP contribution >= 0.6 is 11.8 Å². The Labute approximate surface area is 124 Å². The lowest BCUT2D eigenvalue weighted by Gasteiger charge is -2.27. The summed E-state index contributed by atoms with van der Waals surface area (Å²) in [6.07, 6.45) is 8.02. The molecule has 3 nitrogen and oxygen atoms in total. The summed E-state index contributed by atoms with van der Waals surface area (Å²) in [5.41, 5.74) is 2.35. The van der Waals surface area contributed by atoms with E-state index in [-0.39, 0.29) is 16.7 Å². The standard InChI is InChI=1S/C16H22N2OS/c1-20-16(8-4-5-9-16)11-17-15(19)14-10-12-6-2-3-7-13(12)18-14/h2-3,6-7,14,18H,4-5,8-11H2,1H3,(H,17,19)/t14-/m0/s1. The summed E-state index contributed by atoms with van der Waals surface area (Å²) in [6, 6.07) is 8.07. The van der Waals surface area contributed by atoms with Crippen molar-refractivity contribution in [3.8, 4) is 0 Å². The number of carbonyl (C=O) groups excluding carboxylic acids is 1. The molecule has 0 radical (unpaired) electrons. The minimum atomic E-state index is -0.104. The van der Waals surface area contributed by atoms with E-state index in [0.29, 0.717) is 0 Å². The molecule has 0 saturated heterocycles. The number of fused-ring (bicyclic) bond motifs is 1. The molecule has 0 spiro atoms. The van der Waals surface area contributed by atoms with E-state index in [1.54, 1.807) is 0 Å². The normalized spacial score (nSPS) is 23.1. The molecular formula is C16H22N2OS. The van der Waals surface area contributed by atoms with Gasteiger partial charge >= 0.3 is 0 Å². The molecule has 4 heteroatoms. The van der Waals surface area contributed by atoms with Crippen molar-refractivity contribution in [1.82, 2.24) is 5.32 Å². The van der Waals surface area contributed by atoms with Gasteiger partial charge in [0.05, 0.1) is 0 Å². The second-order valence-corrected chi connectivity index (χ2v) is 7.14. The zero-order valence-electron chi connectivity index (χ0n) is 11.9. The van der Waals surface area contributed by atoms with Crippen molar-refractivity contribution in [2.75, 3.05) is 18.1 Å². The first-order valence-corrected chi connectivity index (χ1v) is 8.62. The molecule has 1 aromatic carbocycles. The summed E-state index contributed by atoms with van der Waals surface area (Å²) in [4.78, 5) is 12.3. The largest absolute Gasteiger partial charge is 0.373 e. The maximum absolute atomic E-state index is 12.3. The molecule has 0 unspecified atom stereocenters. The van der Waals surface area contributed by atoms with Gasteiger partial charge < -0.3 is 10.6 Å². The molecule has 1 fully saturated rings. The first kappa shape index (κ1) is 13.8. The zero-order chi connectivity index (χ0) is 14.0. The average Bonchev–Trinajstić information content (AvgIpc) is 3.12. The van der Waals surface area contributed by atoms with E-state index in [4.69, 9.17) is 0 Å². The topological polar surface area (TPSA) is 41.1 Å². The van der Waals surface area contributed by atoms with Gasteiger partial charge in [-0.05, 0) is 30.7 Å². The molecule has 2 N–H and O–H groups in total. The van der Waals surface area contributed by atoms with Crippen LogP contribution in [-0.4, -0.2) is 29.5 Å². The van der Waals surface area contributed by atoms with Gasteiger partial charge in [0.2, 0.25) is 5.91 Å². The summed E-state index contributed by atoms with van der Waals surface area (Å²) in [7, 11) is 0. The van der Waals surface area contributed by atoms with Crippen LogP contribution in [0.15, 0.2) is 24.3 Å². The third-order valence-corrected chi connectivity index (χ3v) is 6.04. The van der Waals surface area contributed by atoms with Crippen molar-refractivity contribution in [3.63, 3.8) is 0 Å². The van der Waals surface area contributed by atoms with Gasteiger partial charge in [-0.25, -0.2) is 0 Å². The van der Waals surface area contributed by atoms with Crippen molar-refractivity contribution in [2.45, 2.75) is 42.9 Å². The molecule has 0 aromatic heterocycles. The van der Waals surface area contributed by atoms with Gasteiger partial charge in [-0.2, -0.15) is 11.8 Å². The highest BCUT2D eigenvalue weighted by atomic mass is 32.2. The quantitative estimate of drug-likeness (QED) is 0.896. The molecule has 20 heavy (non-hydrogen) atoms. The number of hydrogen-bond acceptors (Lipinski definition) is 3. The van der Waals surface area contributed by atoms with Crippen LogP contribution in [-0.2, 0) is 11.2 Å². The Morgan fingerprint density at radius 3 is 2.85 bits per heavy atom. The van der Waals surface area contributed by atoms with Gasteiger partial charge in [0.1, 0.15) is 6.04 Å². The van der Waals surface area contributed by atoms with E-state index < -0.39 is 0 Å². The van der Waals surface area contributed by atoms with Crippen LogP contribution in [0.2, 0.25) is 0 Å². The van der Waals surface area contributed by atoms with Crippen molar-refractivity contribution in [1.29, 1.82) is 0 Å². The number of para-hydroxylation sites is 1. The van der Waals surface area contributed by atoms with Crippen LogP contribution in [0, 0.1) is 0 Å². The van der Waals surface area contributed by atoms with Crippen molar-refractivity contribution in [2.24, 2.45) is 0 Å². The summed E-state index contributed by atoms with van der Waals surface area (Å²) in [6.45, 7) is 0.807. The maximum atomic E-state index is 12.3. The van der Waals surface area contributed by atoms with Gasteiger partial charge in [-0.3, -0.25) is 4.79 Å². The number of nitrogens with one attached hydrogen (secondary N) is 2.